The fourth-order valence-electron chi connectivity index (χ4n) is 2.68. The number of hydrogen-bond donors (Lipinski definition) is 1. The van der Waals surface area contributed by atoms with E-state index in [0.717, 1.165) is 4.88 Å². The maximum Gasteiger partial charge on any atom is 0.340 e. The van der Waals surface area contributed by atoms with Gasteiger partial charge in [0.1, 0.15) is 0 Å². The molecule has 0 unspecified atom stereocenters. The first-order chi connectivity index (χ1) is 14.9. The molecule has 0 aliphatic carbocycles. The van der Waals surface area contributed by atoms with E-state index in [9.17, 15) is 9.59 Å². The average Bonchev–Trinajstić information content (AvgIpc) is 3.43. The van der Waals surface area contributed by atoms with E-state index in [1.54, 1.807) is 0 Å². The number of benzene rings is 1. The molecule has 0 spiro atoms. The van der Waals surface area contributed by atoms with Crippen molar-refractivity contribution >= 4 is 28.9 Å². The average molecular weight is 445 g/mol. The fourth-order valence-corrected chi connectivity index (χ4v) is 3.39. The van der Waals surface area contributed by atoms with Crippen molar-refractivity contribution in [2.24, 2.45) is 0 Å². The van der Waals surface area contributed by atoms with E-state index in [-0.39, 0.29) is 42.0 Å². The van der Waals surface area contributed by atoms with Gasteiger partial charge in [-0.2, -0.15) is 4.98 Å². The maximum absolute atomic E-state index is 12.8. The van der Waals surface area contributed by atoms with Crippen LogP contribution in [0, 0.1) is 0 Å². The number of thiophene rings is 1. The zero-order chi connectivity index (χ0) is 22.4. The van der Waals surface area contributed by atoms with Gasteiger partial charge in [-0.1, -0.05) is 25.1 Å². The number of rotatable bonds is 9. The molecule has 1 aromatic carbocycles. The van der Waals surface area contributed by atoms with Crippen molar-refractivity contribution in [2.75, 3.05) is 19.5 Å². The number of amides is 1. The Morgan fingerprint density at radius 2 is 1.94 bits per heavy atom. The highest BCUT2D eigenvalue weighted by Gasteiger charge is 2.21. The summed E-state index contributed by atoms with van der Waals surface area (Å²) in [7, 11) is 2.92. The molecular formula is C21H23N3O6S. The third kappa shape index (κ3) is 5.60. The molecule has 1 N–H and O–H groups in total. The van der Waals surface area contributed by atoms with Crippen LogP contribution >= 0.6 is 11.3 Å². The minimum absolute atomic E-state index is 0.0872. The van der Waals surface area contributed by atoms with Crippen molar-refractivity contribution in [3.63, 3.8) is 0 Å². The van der Waals surface area contributed by atoms with Gasteiger partial charge in [0.15, 0.2) is 23.9 Å². The van der Waals surface area contributed by atoms with E-state index in [1.807, 2.05) is 31.4 Å². The summed E-state index contributed by atoms with van der Waals surface area (Å²) in [5, 5.41) is 8.48. The molecule has 0 aliphatic heterocycles. The second-order valence-electron chi connectivity index (χ2n) is 6.83. The minimum Gasteiger partial charge on any atom is -0.493 e. The van der Waals surface area contributed by atoms with E-state index < -0.39 is 5.97 Å². The predicted molar refractivity (Wildman–Crippen MR) is 114 cm³/mol. The van der Waals surface area contributed by atoms with Gasteiger partial charge >= 0.3 is 5.97 Å². The van der Waals surface area contributed by atoms with Crippen molar-refractivity contribution in [2.45, 2.75) is 32.8 Å². The van der Waals surface area contributed by atoms with Crippen LogP contribution in [0.5, 0.6) is 11.5 Å². The molecule has 0 radical (unpaired) electrons. The van der Waals surface area contributed by atoms with Crippen LogP contribution < -0.4 is 14.8 Å². The summed E-state index contributed by atoms with van der Waals surface area (Å²) >= 11 is 1.48. The summed E-state index contributed by atoms with van der Waals surface area (Å²) in [5.74, 6) is 0.525. The Bertz CT molecular complexity index is 1050. The van der Waals surface area contributed by atoms with Crippen LogP contribution in [0.3, 0.4) is 0 Å². The van der Waals surface area contributed by atoms with Crippen molar-refractivity contribution in [1.29, 1.82) is 0 Å². The Hall–Kier alpha value is -3.40. The molecule has 0 atom stereocenters. The van der Waals surface area contributed by atoms with E-state index >= 15 is 0 Å². The lowest BCUT2D eigenvalue weighted by atomic mass is 10.1. The van der Waals surface area contributed by atoms with Crippen LogP contribution in [-0.2, 0) is 22.6 Å². The Morgan fingerprint density at radius 3 is 2.55 bits per heavy atom. The maximum atomic E-state index is 12.8. The lowest BCUT2D eigenvalue weighted by Gasteiger charge is -2.15. The second kappa shape index (κ2) is 10.1. The molecule has 2 heterocycles. The van der Waals surface area contributed by atoms with Crippen LogP contribution in [0.4, 0.5) is 5.69 Å². The normalized spacial score (nSPS) is 10.7. The van der Waals surface area contributed by atoms with Crippen LogP contribution in [0.1, 0.15) is 46.7 Å². The number of esters is 1. The topological polar surface area (TPSA) is 113 Å². The number of nitrogens with zero attached hydrogens (tertiary/aromatic N) is 2. The van der Waals surface area contributed by atoms with Gasteiger partial charge in [0.05, 0.1) is 31.9 Å². The molecule has 10 heteroatoms. The standard InChI is InChI=1S/C21H23N3O6S/c1-12(2)20-23-19(30-24-20)11-29-21(26)14-9-16(27-3)17(28-4)10-15(14)22-18(25)8-13-6-5-7-31-13/h5-7,9-10,12H,8,11H2,1-4H3,(H,22,25). The predicted octanol–water partition coefficient (Wildman–Crippen LogP) is 3.81. The summed E-state index contributed by atoms with van der Waals surface area (Å²) in [6.07, 6.45) is 0.181. The molecular weight excluding hydrogens is 422 g/mol. The molecule has 0 bridgehead atoms. The molecule has 31 heavy (non-hydrogen) atoms. The monoisotopic (exact) mass is 445 g/mol. The van der Waals surface area contributed by atoms with Gasteiger partial charge in [0.2, 0.25) is 5.91 Å². The number of methoxy groups -OCH3 is 2. The highest BCUT2D eigenvalue weighted by molar-refractivity contribution is 7.10. The van der Waals surface area contributed by atoms with E-state index in [0.29, 0.717) is 17.3 Å². The molecule has 3 aromatic rings. The van der Waals surface area contributed by atoms with Crippen LogP contribution in [0.25, 0.3) is 0 Å². The third-order valence-corrected chi connectivity index (χ3v) is 5.14. The zero-order valence-corrected chi connectivity index (χ0v) is 18.4. The smallest absolute Gasteiger partial charge is 0.340 e. The molecule has 2 aromatic heterocycles. The number of aromatic nitrogens is 2. The van der Waals surface area contributed by atoms with Crippen molar-refractivity contribution < 1.29 is 28.3 Å². The van der Waals surface area contributed by atoms with Gasteiger partial charge in [-0.15, -0.1) is 11.3 Å². The fraction of sp³-hybridized carbons (Fsp3) is 0.333. The number of carbonyl (C=O) groups is 2. The molecule has 0 saturated carbocycles. The number of anilines is 1. The van der Waals surface area contributed by atoms with Crippen molar-refractivity contribution in [3.05, 3.63) is 51.8 Å². The molecule has 0 saturated heterocycles. The molecule has 1 amide bonds. The first-order valence-corrected chi connectivity index (χ1v) is 10.4. The molecule has 3 rings (SSSR count). The van der Waals surface area contributed by atoms with Gasteiger partial charge in [0, 0.05) is 22.9 Å². The number of hydrogen-bond acceptors (Lipinski definition) is 9. The van der Waals surface area contributed by atoms with Crippen LogP contribution in [0.15, 0.2) is 34.2 Å². The molecule has 9 nitrogen and oxygen atoms in total. The number of ether oxygens (including phenoxy) is 3. The molecule has 164 valence electrons. The number of nitrogens with one attached hydrogen (secondary N) is 1. The summed E-state index contributed by atoms with van der Waals surface area (Å²) in [6, 6.07) is 6.71. The van der Waals surface area contributed by atoms with Gasteiger partial charge < -0.3 is 24.1 Å². The minimum atomic E-state index is -0.684. The largest absolute Gasteiger partial charge is 0.493 e. The Labute approximate surface area is 183 Å². The van der Waals surface area contributed by atoms with Gasteiger partial charge in [-0.05, 0) is 11.4 Å². The van der Waals surface area contributed by atoms with Crippen molar-refractivity contribution in [3.8, 4) is 11.5 Å². The zero-order valence-electron chi connectivity index (χ0n) is 17.6. The van der Waals surface area contributed by atoms with Gasteiger partial charge in [-0.3, -0.25) is 4.79 Å². The first-order valence-electron chi connectivity index (χ1n) is 9.49. The highest BCUT2D eigenvalue weighted by Crippen LogP contribution is 2.34. The Kier molecular flexibility index (Phi) is 7.24. The highest BCUT2D eigenvalue weighted by atomic mass is 32.1. The second-order valence-corrected chi connectivity index (χ2v) is 7.87. The summed E-state index contributed by atoms with van der Waals surface area (Å²) in [5.41, 5.74) is 0.360. The SMILES string of the molecule is COc1cc(NC(=O)Cc2cccs2)c(C(=O)OCc2nc(C(C)C)no2)cc1OC. The van der Waals surface area contributed by atoms with E-state index in [2.05, 4.69) is 15.5 Å². The lowest BCUT2D eigenvalue weighted by Crippen LogP contribution is -2.17. The summed E-state index contributed by atoms with van der Waals surface area (Å²) in [6.45, 7) is 3.65. The molecule has 0 fully saturated rings. The Balaban J connectivity index is 1.80. The van der Waals surface area contributed by atoms with Crippen LogP contribution in [0.2, 0.25) is 0 Å². The number of carbonyl (C=O) groups excluding carboxylic acids is 2. The lowest BCUT2D eigenvalue weighted by molar-refractivity contribution is -0.115. The van der Waals surface area contributed by atoms with Gasteiger partial charge in [0.25, 0.3) is 5.89 Å². The molecule has 0 aliphatic rings. The van der Waals surface area contributed by atoms with Crippen molar-refractivity contribution in [1.82, 2.24) is 10.1 Å². The van der Waals surface area contributed by atoms with Crippen LogP contribution in [-0.4, -0.2) is 36.2 Å². The van der Waals surface area contributed by atoms with E-state index in [1.165, 1.54) is 37.7 Å². The van der Waals surface area contributed by atoms with E-state index in [4.69, 9.17) is 18.7 Å². The first kappa shape index (κ1) is 22.3. The van der Waals surface area contributed by atoms with Gasteiger partial charge in [-0.25, -0.2) is 4.79 Å². The quantitative estimate of drug-likeness (QED) is 0.495. The summed E-state index contributed by atoms with van der Waals surface area (Å²) < 4.78 is 21.0. The Morgan fingerprint density at radius 1 is 1.19 bits per heavy atom. The summed E-state index contributed by atoms with van der Waals surface area (Å²) in [4.78, 5) is 30.4. The third-order valence-electron chi connectivity index (χ3n) is 4.26.